The van der Waals surface area contributed by atoms with Crippen LogP contribution in [0.4, 0.5) is 0 Å². The second kappa shape index (κ2) is 5.32. The topological polar surface area (TPSA) is 73.7 Å². The van der Waals surface area contributed by atoms with Crippen molar-refractivity contribution in [3.8, 4) is 0 Å². The molecule has 0 saturated carbocycles. The summed E-state index contributed by atoms with van der Waals surface area (Å²) in [5.74, 6) is 5.65. The zero-order chi connectivity index (χ0) is 13.1. The summed E-state index contributed by atoms with van der Waals surface area (Å²) < 4.78 is 3.68. The van der Waals surface area contributed by atoms with Gasteiger partial charge in [0, 0.05) is 26.7 Å². The molecule has 0 aliphatic heterocycles. The van der Waals surface area contributed by atoms with Crippen LogP contribution >= 0.6 is 0 Å². The molecule has 18 heavy (non-hydrogen) atoms. The molecule has 0 spiro atoms. The Morgan fingerprint density at radius 3 is 2.61 bits per heavy atom. The minimum absolute atomic E-state index is 0.0256. The van der Waals surface area contributed by atoms with Gasteiger partial charge in [-0.15, -0.1) is 0 Å². The maximum absolute atomic E-state index is 5.65. The van der Waals surface area contributed by atoms with E-state index in [1.54, 1.807) is 4.68 Å². The van der Waals surface area contributed by atoms with Crippen molar-refractivity contribution < 1.29 is 0 Å². The number of aryl methyl sites for hydroxylation is 3. The number of hydrogen-bond donors (Lipinski definition) is 2. The van der Waals surface area contributed by atoms with Crippen LogP contribution in [0, 0.1) is 0 Å². The molecule has 1 unspecified atom stereocenters. The first-order valence-corrected chi connectivity index (χ1v) is 6.11. The predicted molar refractivity (Wildman–Crippen MR) is 69.6 cm³/mol. The van der Waals surface area contributed by atoms with Crippen molar-refractivity contribution in [2.24, 2.45) is 19.9 Å². The molecule has 0 radical (unpaired) electrons. The molecule has 98 valence electrons. The summed E-state index contributed by atoms with van der Waals surface area (Å²) in [7, 11) is 3.85. The Bertz CT molecular complexity index is 512. The maximum Gasteiger partial charge on any atom is 0.0685 e. The van der Waals surface area contributed by atoms with Gasteiger partial charge in [0.05, 0.1) is 23.1 Å². The van der Waals surface area contributed by atoms with Gasteiger partial charge in [-0.25, -0.2) is 0 Å². The van der Waals surface area contributed by atoms with Crippen LogP contribution in [0.3, 0.4) is 0 Å². The minimum Gasteiger partial charge on any atom is -0.276 e. The molecule has 2 aromatic heterocycles. The lowest BCUT2D eigenvalue weighted by atomic mass is 10.1. The van der Waals surface area contributed by atoms with Crippen LogP contribution < -0.4 is 11.3 Å². The average molecular weight is 248 g/mol. The van der Waals surface area contributed by atoms with Gasteiger partial charge in [0.1, 0.15) is 0 Å². The van der Waals surface area contributed by atoms with Gasteiger partial charge in [0.25, 0.3) is 0 Å². The van der Waals surface area contributed by atoms with Gasteiger partial charge in [-0.1, -0.05) is 6.92 Å². The minimum atomic E-state index is 0.0256. The van der Waals surface area contributed by atoms with Crippen molar-refractivity contribution in [2.45, 2.75) is 25.8 Å². The van der Waals surface area contributed by atoms with Crippen molar-refractivity contribution in [1.82, 2.24) is 25.0 Å². The summed E-state index contributed by atoms with van der Waals surface area (Å²) in [6.45, 7) is 2.09. The van der Waals surface area contributed by atoms with Crippen LogP contribution in [0.1, 0.15) is 30.0 Å². The summed E-state index contributed by atoms with van der Waals surface area (Å²) >= 11 is 0. The van der Waals surface area contributed by atoms with E-state index in [4.69, 9.17) is 5.84 Å². The van der Waals surface area contributed by atoms with E-state index in [1.165, 1.54) is 0 Å². The number of aromatic nitrogens is 4. The predicted octanol–water partition coefficient (Wildman–Crippen LogP) is 0.463. The van der Waals surface area contributed by atoms with Crippen molar-refractivity contribution in [3.05, 3.63) is 35.4 Å². The zero-order valence-corrected chi connectivity index (χ0v) is 11.1. The summed E-state index contributed by atoms with van der Waals surface area (Å²) in [6, 6.07) is 4.12. The Kier molecular flexibility index (Phi) is 3.78. The fourth-order valence-electron chi connectivity index (χ4n) is 2.07. The molecule has 3 N–H and O–H groups in total. The number of rotatable bonds is 5. The van der Waals surface area contributed by atoms with E-state index in [0.29, 0.717) is 0 Å². The Morgan fingerprint density at radius 1 is 1.33 bits per heavy atom. The molecular weight excluding hydrogens is 228 g/mol. The first-order chi connectivity index (χ1) is 8.63. The van der Waals surface area contributed by atoms with Crippen LogP contribution in [-0.2, 0) is 26.9 Å². The highest BCUT2D eigenvalue weighted by molar-refractivity contribution is 5.16. The van der Waals surface area contributed by atoms with Crippen LogP contribution in [0.2, 0.25) is 0 Å². The van der Waals surface area contributed by atoms with Gasteiger partial charge < -0.3 is 0 Å². The summed E-state index contributed by atoms with van der Waals surface area (Å²) in [5.41, 5.74) is 6.02. The molecule has 0 fully saturated rings. The normalized spacial score (nSPS) is 12.9. The Hall–Kier alpha value is -1.66. The lowest BCUT2D eigenvalue weighted by molar-refractivity contribution is 0.501. The van der Waals surface area contributed by atoms with Crippen molar-refractivity contribution in [3.63, 3.8) is 0 Å². The van der Waals surface area contributed by atoms with E-state index >= 15 is 0 Å². The SMILES string of the molecule is CCc1cc(C(Cc2ccn(C)n2)NN)n(C)n1. The molecule has 6 heteroatoms. The van der Waals surface area contributed by atoms with Crippen LogP contribution in [-0.4, -0.2) is 19.6 Å². The molecule has 1 atom stereocenters. The van der Waals surface area contributed by atoms with Crippen molar-refractivity contribution in [2.75, 3.05) is 0 Å². The summed E-state index contributed by atoms with van der Waals surface area (Å²) in [6.07, 6.45) is 3.61. The molecule has 2 aromatic rings. The van der Waals surface area contributed by atoms with Crippen molar-refractivity contribution >= 4 is 0 Å². The third-order valence-corrected chi connectivity index (χ3v) is 3.07. The number of nitrogens with zero attached hydrogens (tertiary/aromatic N) is 4. The third kappa shape index (κ3) is 2.60. The fourth-order valence-corrected chi connectivity index (χ4v) is 2.07. The number of hydrazine groups is 1. The zero-order valence-electron chi connectivity index (χ0n) is 11.1. The van der Waals surface area contributed by atoms with Crippen LogP contribution in [0.5, 0.6) is 0 Å². The third-order valence-electron chi connectivity index (χ3n) is 3.07. The number of hydrogen-bond acceptors (Lipinski definition) is 4. The molecule has 0 saturated heterocycles. The van der Waals surface area contributed by atoms with Gasteiger partial charge in [0.15, 0.2) is 0 Å². The van der Waals surface area contributed by atoms with Gasteiger partial charge in [-0.2, -0.15) is 10.2 Å². The van der Waals surface area contributed by atoms with Gasteiger partial charge in [0.2, 0.25) is 0 Å². The van der Waals surface area contributed by atoms with E-state index < -0.39 is 0 Å². The largest absolute Gasteiger partial charge is 0.276 e. The lowest BCUT2D eigenvalue weighted by Crippen LogP contribution is -2.31. The van der Waals surface area contributed by atoms with Gasteiger partial charge >= 0.3 is 0 Å². The highest BCUT2D eigenvalue weighted by atomic mass is 15.3. The molecule has 0 aromatic carbocycles. The second-order valence-electron chi connectivity index (χ2n) is 4.44. The number of nitrogens with two attached hydrogens (primary N) is 1. The van der Waals surface area contributed by atoms with Crippen molar-refractivity contribution in [1.29, 1.82) is 0 Å². The lowest BCUT2D eigenvalue weighted by Gasteiger charge is -2.14. The highest BCUT2D eigenvalue weighted by Gasteiger charge is 2.17. The molecule has 0 amide bonds. The Balaban J connectivity index is 2.19. The van der Waals surface area contributed by atoms with Gasteiger partial charge in [-0.05, 0) is 18.6 Å². The molecule has 6 nitrogen and oxygen atoms in total. The quantitative estimate of drug-likeness (QED) is 0.595. The van der Waals surface area contributed by atoms with Crippen LogP contribution in [0.25, 0.3) is 0 Å². The summed E-state index contributed by atoms with van der Waals surface area (Å²) in [5, 5.41) is 8.81. The van der Waals surface area contributed by atoms with E-state index in [-0.39, 0.29) is 6.04 Å². The van der Waals surface area contributed by atoms with Gasteiger partial charge in [-0.3, -0.25) is 20.6 Å². The fraction of sp³-hybridized carbons (Fsp3) is 0.500. The first-order valence-electron chi connectivity index (χ1n) is 6.11. The standard InChI is InChI=1S/C12H20N6/c1-4-9-8-12(18(3)16-9)11(14-13)7-10-5-6-17(2)15-10/h5-6,8,11,14H,4,7,13H2,1-3H3. The average Bonchev–Trinajstić information content (AvgIpc) is 2.92. The Morgan fingerprint density at radius 2 is 2.11 bits per heavy atom. The molecule has 2 heterocycles. The Labute approximate surface area is 107 Å². The molecule has 0 aliphatic carbocycles. The van der Waals surface area contributed by atoms with E-state index in [1.807, 2.05) is 31.0 Å². The molecule has 2 rings (SSSR count). The summed E-state index contributed by atoms with van der Waals surface area (Å²) in [4.78, 5) is 0. The first kappa shape index (κ1) is 12.8. The smallest absolute Gasteiger partial charge is 0.0685 e. The highest BCUT2D eigenvalue weighted by Crippen LogP contribution is 2.17. The van der Waals surface area contributed by atoms with E-state index in [9.17, 15) is 0 Å². The maximum atomic E-state index is 5.65. The monoisotopic (exact) mass is 248 g/mol. The molecule has 0 bridgehead atoms. The molecular formula is C12H20N6. The molecule has 0 aliphatic rings. The van der Waals surface area contributed by atoms with E-state index in [0.717, 1.165) is 29.9 Å². The van der Waals surface area contributed by atoms with E-state index in [2.05, 4.69) is 28.6 Å². The second-order valence-corrected chi connectivity index (χ2v) is 4.44. The number of nitrogens with one attached hydrogen (secondary N) is 1. The van der Waals surface area contributed by atoms with Crippen LogP contribution in [0.15, 0.2) is 18.3 Å².